The van der Waals surface area contributed by atoms with Gasteiger partial charge in [0.2, 0.25) is 0 Å². The van der Waals surface area contributed by atoms with E-state index in [2.05, 4.69) is 21.2 Å². The van der Waals surface area contributed by atoms with Gasteiger partial charge in [-0.15, -0.1) is 11.3 Å². The fourth-order valence-corrected chi connectivity index (χ4v) is 3.42. The standard InChI is InChI=1S/C14H14BrF2NS/c1-8(12-4-3-11(16)6-13(12)17)18-9(2)14-5-10(15)7-19-14/h3-9,18H,1-2H3. The Bertz CT molecular complexity index is 570. The molecule has 1 N–H and O–H groups in total. The molecule has 1 heterocycles. The Morgan fingerprint density at radius 2 is 1.89 bits per heavy atom. The van der Waals surface area contributed by atoms with E-state index < -0.39 is 11.6 Å². The van der Waals surface area contributed by atoms with Crippen molar-refractivity contribution in [2.45, 2.75) is 25.9 Å². The summed E-state index contributed by atoms with van der Waals surface area (Å²) in [5.74, 6) is -1.07. The lowest BCUT2D eigenvalue weighted by Crippen LogP contribution is -2.22. The summed E-state index contributed by atoms with van der Waals surface area (Å²) in [4.78, 5) is 1.17. The van der Waals surface area contributed by atoms with Crippen molar-refractivity contribution in [2.24, 2.45) is 0 Å². The topological polar surface area (TPSA) is 12.0 Å². The molecule has 0 radical (unpaired) electrons. The third-order valence-electron chi connectivity index (χ3n) is 2.94. The van der Waals surface area contributed by atoms with Crippen LogP contribution in [0.2, 0.25) is 0 Å². The molecule has 0 saturated heterocycles. The molecule has 19 heavy (non-hydrogen) atoms. The number of hydrogen-bond donors (Lipinski definition) is 1. The summed E-state index contributed by atoms with van der Waals surface area (Å²) in [5, 5.41) is 5.32. The Hall–Kier alpha value is -0.780. The molecule has 0 aliphatic rings. The molecule has 5 heteroatoms. The van der Waals surface area contributed by atoms with Crippen molar-refractivity contribution in [1.82, 2.24) is 5.32 Å². The van der Waals surface area contributed by atoms with Gasteiger partial charge in [0, 0.05) is 38.4 Å². The van der Waals surface area contributed by atoms with E-state index >= 15 is 0 Å². The minimum absolute atomic E-state index is 0.107. The van der Waals surface area contributed by atoms with Crippen LogP contribution in [0.5, 0.6) is 0 Å². The number of halogens is 3. The van der Waals surface area contributed by atoms with Crippen molar-refractivity contribution < 1.29 is 8.78 Å². The Morgan fingerprint density at radius 1 is 1.16 bits per heavy atom. The Balaban J connectivity index is 2.10. The molecule has 1 nitrogen and oxygen atoms in total. The van der Waals surface area contributed by atoms with E-state index in [0.717, 1.165) is 10.5 Å². The van der Waals surface area contributed by atoms with Crippen molar-refractivity contribution in [3.8, 4) is 0 Å². The highest BCUT2D eigenvalue weighted by Gasteiger charge is 2.16. The van der Waals surface area contributed by atoms with Crippen molar-refractivity contribution in [3.63, 3.8) is 0 Å². The molecule has 1 aromatic carbocycles. The van der Waals surface area contributed by atoms with Crippen LogP contribution in [0.15, 0.2) is 34.1 Å². The molecule has 0 bridgehead atoms. The van der Waals surface area contributed by atoms with E-state index in [1.54, 1.807) is 11.3 Å². The summed E-state index contributed by atoms with van der Waals surface area (Å²) in [6.45, 7) is 3.89. The Morgan fingerprint density at radius 3 is 2.47 bits per heavy atom. The molecule has 0 spiro atoms. The smallest absolute Gasteiger partial charge is 0.130 e. The van der Waals surface area contributed by atoms with E-state index in [0.29, 0.717) is 5.56 Å². The van der Waals surface area contributed by atoms with Gasteiger partial charge in [-0.05, 0) is 41.9 Å². The second-order valence-electron chi connectivity index (χ2n) is 4.44. The van der Waals surface area contributed by atoms with Gasteiger partial charge < -0.3 is 5.32 Å². The molecule has 0 saturated carbocycles. The molecule has 2 rings (SSSR count). The van der Waals surface area contributed by atoms with Crippen molar-refractivity contribution >= 4 is 27.3 Å². The molecule has 2 atom stereocenters. The lowest BCUT2D eigenvalue weighted by Gasteiger charge is -2.20. The molecule has 2 aromatic rings. The largest absolute Gasteiger partial charge is 0.303 e. The van der Waals surface area contributed by atoms with Crippen LogP contribution < -0.4 is 5.32 Å². The number of rotatable bonds is 4. The van der Waals surface area contributed by atoms with E-state index in [-0.39, 0.29) is 12.1 Å². The van der Waals surface area contributed by atoms with Crippen LogP contribution >= 0.6 is 27.3 Å². The average molecular weight is 346 g/mol. The lowest BCUT2D eigenvalue weighted by molar-refractivity contribution is 0.474. The zero-order valence-electron chi connectivity index (χ0n) is 10.6. The summed E-state index contributed by atoms with van der Waals surface area (Å²) in [5.41, 5.74) is 0.476. The van der Waals surface area contributed by atoms with E-state index in [4.69, 9.17) is 0 Å². The first-order valence-electron chi connectivity index (χ1n) is 5.92. The molecule has 0 aliphatic heterocycles. The van der Waals surface area contributed by atoms with Gasteiger partial charge in [0.05, 0.1) is 0 Å². The van der Waals surface area contributed by atoms with Gasteiger partial charge in [0.25, 0.3) is 0 Å². The predicted octanol–water partition coefficient (Wildman–Crippen LogP) is 5.20. The second-order valence-corrected chi connectivity index (χ2v) is 6.30. The molecule has 0 aliphatic carbocycles. The minimum Gasteiger partial charge on any atom is -0.303 e. The maximum Gasteiger partial charge on any atom is 0.130 e. The number of thiophene rings is 1. The first-order chi connectivity index (χ1) is 8.97. The number of nitrogens with one attached hydrogen (secondary N) is 1. The quantitative estimate of drug-likeness (QED) is 0.802. The zero-order valence-corrected chi connectivity index (χ0v) is 13.0. The zero-order chi connectivity index (χ0) is 14.0. The van der Waals surface area contributed by atoms with Gasteiger partial charge in [-0.2, -0.15) is 0 Å². The van der Waals surface area contributed by atoms with Crippen LogP contribution in [0.3, 0.4) is 0 Å². The second kappa shape index (κ2) is 6.11. The van der Waals surface area contributed by atoms with Crippen LogP contribution in [-0.4, -0.2) is 0 Å². The monoisotopic (exact) mass is 345 g/mol. The molecule has 0 fully saturated rings. The third kappa shape index (κ3) is 3.61. The van der Waals surface area contributed by atoms with E-state index in [1.165, 1.54) is 17.0 Å². The molecule has 102 valence electrons. The highest BCUT2D eigenvalue weighted by molar-refractivity contribution is 9.10. The maximum atomic E-state index is 13.7. The van der Waals surface area contributed by atoms with Crippen molar-refractivity contribution in [2.75, 3.05) is 0 Å². The third-order valence-corrected chi connectivity index (χ3v) is 4.82. The fraction of sp³-hybridized carbons (Fsp3) is 0.286. The Kier molecular flexibility index (Phi) is 4.71. The lowest BCUT2D eigenvalue weighted by atomic mass is 10.1. The minimum atomic E-state index is -0.552. The first-order valence-corrected chi connectivity index (χ1v) is 7.59. The van der Waals surface area contributed by atoms with E-state index in [1.807, 2.05) is 25.3 Å². The summed E-state index contributed by atoms with van der Waals surface area (Å²) >= 11 is 5.05. The summed E-state index contributed by atoms with van der Waals surface area (Å²) in [6, 6.07) is 5.64. The first kappa shape index (κ1) is 14.6. The van der Waals surface area contributed by atoms with Gasteiger partial charge >= 0.3 is 0 Å². The van der Waals surface area contributed by atoms with E-state index in [9.17, 15) is 8.78 Å². The van der Waals surface area contributed by atoms with Crippen LogP contribution in [0, 0.1) is 11.6 Å². The summed E-state index contributed by atoms with van der Waals surface area (Å²) < 4.78 is 27.6. The normalized spacial score (nSPS) is 14.4. The molecule has 1 aromatic heterocycles. The Labute approximate surface area is 123 Å². The van der Waals surface area contributed by atoms with Crippen LogP contribution in [0.1, 0.15) is 36.4 Å². The summed E-state index contributed by atoms with van der Waals surface area (Å²) in [6.07, 6.45) is 0. The van der Waals surface area contributed by atoms with Crippen LogP contribution in [-0.2, 0) is 0 Å². The summed E-state index contributed by atoms with van der Waals surface area (Å²) in [7, 11) is 0. The fourth-order valence-electron chi connectivity index (χ4n) is 1.95. The van der Waals surface area contributed by atoms with Gasteiger partial charge in [0.1, 0.15) is 11.6 Å². The van der Waals surface area contributed by atoms with Gasteiger partial charge in [0.15, 0.2) is 0 Å². The molecular weight excluding hydrogens is 332 g/mol. The SMILES string of the molecule is CC(NC(C)c1ccc(F)cc1F)c1cc(Br)cs1. The maximum absolute atomic E-state index is 13.7. The van der Waals surface area contributed by atoms with Gasteiger partial charge in [-0.25, -0.2) is 8.78 Å². The molecule has 0 amide bonds. The molecular formula is C14H14BrF2NS. The van der Waals surface area contributed by atoms with Crippen molar-refractivity contribution in [1.29, 1.82) is 0 Å². The highest BCUT2D eigenvalue weighted by atomic mass is 79.9. The van der Waals surface area contributed by atoms with Gasteiger partial charge in [-0.3, -0.25) is 0 Å². The average Bonchev–Trinajstić information content (AvgIpc) is 2.75. The molecule has 2 unspecified atom stereocenters. The highest BCUT2D eigenvalue weighted by Crippen LogP contribution is 2.28. The number of hydrogen-bond acceptors (Lipinski definition) is 2. The predicted molar refractivity (Wildman–Crippen MR) is 78.3 cm³/mol. The van der Waals surface area contributed by atoms with Crippen LogP contribution in [0.4, 0.5) is 8.78 Å². The number of benzene rings is 1. The van der Waals surface area contributed by atoms with Crippen LogP contribution in [0.25, 0.3) is 0 Å². The van der Waals surface area contributed by atoms with Crippen molar-refractivity contribution in [3.05, 3.63) is 56.2 Å². The van der Waals surface area contributed by atoms with Gasteiger partial charge in [-0.1, -0.05) is 6.07 Å².